The van der Waals surface area contributed by atoms with Crippen LogP contribution in [-0.4, -0.2) is 17.4 Å². The number of thiazole rings is 1. The Bertz CT molecular complexity index is 621. The number of amides is 1. The molecule has 1 aromatic carbocycles. The quantitative estimate of drug-likeness (QED) is 0.878. The molecule has 0 atom stereocenters. The molecule has 0 saturated heterocycles. The number of aromatic nitrogens is 1. The van der Waals surface area contributed by atoms with Crippen LogP contribution in [0.5, 0.6) is 0 Å². The van der Waals surface area contributed by atoms with Crippen LogP contribution < -0.4 is 10.6 Å². The van der Waals surface area contributed by atoms with Gasteiger partial charge in [-0.3, -0.25) is 4.79 Å². The van der Waals surface area contributed by atoms with E-state index in [2.05, 4.69) is 11.9 Å². The van der Waals surface area contributed by atoms with Crippen molar-refractivity contribution in [3.05, 3.63) is 39.8 Å². The zero-order chi connectivity index (χ0) is 14.7. The Morgan fingerprint density at radius 2 is 2.15 bits per heavy atom. The van der Waals surface area contributed by atoms with Crippen LogP contribution in [0, 0.1) is 13.8 Å². The molecular weight excluding hydrogens is 270 g/mol. The Kier molecular flexibility index (Phi) is 4.39. The summed E-state index contributed by atoms with van der Waals surface area (Å²) in [7, 11) is 0. The van der Waals surface area contributed by atoms with Gasteiger partial charge in [0.1, 0.15) is 4.88 Å². The number of nitrogen functional groups attached to an aromatic ring is 1. The van der Waals surface area contributed by atoms with Gasteiger partial charge in [-0.15, -0.1) is 11.3 Å². The molecule has 1 amide bonds. The van der Waals surface area contributed by atoms with Crippen LogP contribution in [0.4, 0.5) is 11.4 Å². The largest absolute Gasteiger partial charge is 0.399 e. The Labute approximate surface area is 123 Å². The maximum atomic E-state index is 12.7. The van der Waals surface area contributed by atoms with Gasteiger partial charge in [-0.2, -0.15) is 0 Å². The Morgan fingerprint density at radius 3 is 2.70 bits per heavy atom. The molecule has 5 heteroatoms. The molecule has 2 N–H and O–H groups in total. The fourth-order valence-corrected chi connectivity index (χ4v) is 2.99. The molecule has 106 valence electrons. The van der Waals surface area contributed by atoms with Gasteiger partial charge < -0.3 is 10.6 Å². The van der Waals surface area contributed by atoms with E-state index in [1.54, 1.807) is 4.90 Å². The molecule has 0 bridgehead atoms. The van der Waals surface area contributed by atoms with E-state index in [0.717, 1.165) is 22.8 Å². The van der Waals surface area contributed by atoms with Gasteiger partial charge in [0.25, 0.3) is 5.91 Å². The van der Waals surface area contributed by atoms with E-state index in [-0.39, 0.29) is 5.91 Å². The molecule has 0 fully saturated rings. The van der Waals surface area contributed by atoms with Crippen molar-refractivity contribution in [1.29, 1.82) is 0 Å². The number of anilines is 2. The number of aryl methyl sites for hydroxylation is 2. The van der Waals surface area contributed by atoms with Crippen molar-refractivity contribution < 1.29 is 4.79 Å². The summed E-state index contributed by atoms with van der Waals surface area (Å²) in [6.45, 7) is 6.51. The van der Waals surface area contributed by atoms with Crippen LogP contribution in [0.2, 0.25) is 0 Å². The summed E-state index contributed by atoms with van der Waals surface area (Å²) in [5, 5.41) is 0.912. The van der Waals surface area contributed by atoms with Crippen LogP contribution in [0.25, 0.3) is 0 Å². The number of carbonyl (C=O) groups is 1. The summed E-state index contributed by atoms with van der Waals surface area (Å²) < 4.78 is 0. The van der Waals surface area contributed by atoms with Gasteiger partial charge in [-0.05, 0) is 38.5 Å². The lowest BCUT2D eigenvalue weighted by Gasteiger charge is -2.22. The van der Waals surface area contributed by atoms with E-state index in [4.69, 9.17) is 5.73 Å². The normalized spacial score (nSPS) is 10.6. The summed E-state index contributed by atoms with van der Waals surface area (Å²) in [5.74, 6) is 0.000509. The monoisotopic (exact) mass is 289 g/mol. The third-order valence-corrected chi connectivity index (χ3v) is 4.03. The molecule has 1 heterocycles. The van der Waals surface area contributed by atoms with Crippen molar-refractivity contribution >= 4 is 28.6 Å². The standard InChI is InChI=1S/C15H19N3OS/c1-4-8-18(13-7-5-6-12(16)9-13)15(19)14-10(2)17-11(3)20-14/h5-7,9H,4,8,16H2,1-3H3. The van der Waals surface area contributed by atoms with Crippen LogP contribution >= 0.6 is 11.3 Å². The molecule has 0 spiro atoms. The van der Waals surface area contributed by atoms with Gasteiger partial charge in [0.05, 0.1) is 10.7 Å². The first kappa shape index (κ1) is 14.5. The third kappa shape index (κ3) is 2.99. The number of hydrogen-bond donors (Lipinski definition) is 1. The highest BCUT2D eigenvalue weighted by atomic mass is 32.1. The van der Waals surface area contributed by atoms with Crippen molar-refractivity contribution in [1.82, 2.24) is 4.98 Å². The Morgan fingerprint density at radius 1 is 1.40 bits per heavy atom. The van der Waals surface area contributed by atoms with Gasteiger partial charge in [-0.1, -0.05) is 13.0 Å². The van der Waals surface area contributed by atoms with E-state index < -0.39 is 0 Å². The Hall–Kier alpha value is -1.88. The molecule has 2 aromatic rings. The second-order valence-corrected chi connectivity index (χ2v) is 5.90. The highest BCUT2D eigenvalue weighted by Gasteiger charge is 2.21. The van der Waals surface area contributed by atoms with Crippen LogP contribution in [0.3, 0.4) is 0 Å². The molecule has 20 heavy (non-hydrogen) atoms. The molecular formula is C15H19N3OS. The molecule has 0 saturated carbocycles. The minimum atomic E-state index is 0.000509. The first-order valence-electron chi connectivity index (χ1n) is 6.64. The highest BCUT2D eigenvalue weighted by molar-refractivity contribution is 7.13. The smallest absolute Gasteiger partial charge is 0.270 e. The molecule has 2 rings (SSSR count). The van der Waals surface area contributed by atoms with Crippen molar-refractivity contribution in [3.8, 4) is 0 Å². The summed E-state index contributed by atoms with van der Waals surface area (Å²) in [5.41, 5.74) is 8.11. The lowest BCUT2D eigenvalue weighted by Crippen LogP contribution is -2.31. The minimum Gasteiger partial charge on any atom is -0.399 e. The van der Waals surface area contributed by atoms with Crippen molar-refractivity contribution in [3.63, 3.8) is 0 Å². The maximum absolute atomic E-state index is 12.7. The number of rotatable bonds is 4. The van der Waals surface area contributed by atoms with Gasteiger partial charge in [0.15, 0.2) is 0 Å². The fraction of sp³-hybridized carbons (Fsp3) is 0.333. The van der Waals surface area contributed by atoms with Gasteiger partial charge >= 0.3 is 0 Å². The van der Waals surface area contributed by atoms with E-state index in [1.807, 2.05) is 38.1 Å². The number of hydrogen-bond acceptors (Lipinski definition) is 4. The van der Waals surface area contributed by atoms with Crippen LogP contribution in [0.1, 0.15) is 33.7 Å². The lowest BCUT2D eigenvalue weighted by molar-refractivity contribution is 0.0990. The van der Waals surface area contributed by atoms with Gasteiger partial charge in [0.2, 0.25) is 0 Å². The van der Waals surface area contributed by atoms with Crippen molar-refractivity contribution in [2.45, 2.75) is 27.2 Å². The van der Waals surface area contributed by atoms with Crippen molar-refractivity contribution in [2.24, 2.45) is 0 Å². The Balaban J connectivity index is 2.38. The predicted octanol–water partition coefficient (Wildman–Crippen LogP) is 3.40. The third-order valence-electron chi connectivity index (χ3n) is 2.97. The van der Waals surface area contributed by atoms with Crippen LogP contribution in [-0.2, 0) is 0 Å². The second kappa shape index (κ2) is 6.05. The van der Waals surface area contributed by atoms with E-state index in [1.165, 1.54) is 11.3 Å². The minimum absolute atomic E-state index is 0.000509. The molecule has 1 aromatic heterocycles. The lowest BCUT2D eigenvalue weighted by atomic mass is 10.2. The summed E-state index contributed by atoms with van der Waals surface area (Å²) >= 11 is 1.44. The molecule has 0 aliphatic carbocycles. The molecule has 0 aliphatic heterocycles. The first-order valence-corrected chi connectivity index (χ1v) is 7.46. The summed E-state index contributed by atoms with van der Waals surface area (Å²) in [4.78, 5) is 19.5. The van der Waals surface area contributed by atoms with E-state index in [0.29, 0.717) is 17.1 Å². The zero-order valence-electron chi connectivity index (χ0n) is 12.0. The number of benzene rings is 1. The molecule has 0 radical (unpaired) electrons. The molecule has 0 aliphatic rings. The molecule has 4 nitrogen and oxygen atoms in total. The first-order chi connectivity index (χ1) is 9.52. The second-order valence-electron chi connectivity index (χ2n) is 4.70. The summed E-state index contributed by atoms with van der Waals surface area (Å²) in [6, 6.07) is 7.43. The average Bonchev–Trinajstić information content (AvgIpc) is 2.74. The van der Waals surface area contributed by atoms with Crippen LogP contribution in [0.15, 0.2) is 24.3 Å². The van der Waals surface area contributed by atoms with Gasteiger partial charge in [-0.25, -0.2) is 4.98 Å². The average molecular weight is 289 g/mol. The zero-order valence-corrected chi connectivity index (χ0v) is 12.8. The topological polar surface area (TPSA) is 59.2 Å². The number of nitrogens with zero attached hydrogens (tertiary/aromatic N) is 2. The predicted molar refractivity (Wildman–Crippen MR) is 84.4 cm³/mol. The summed E-state index contributed by atoms with van der Waals surface area (Å²) in [6.07, 6.45) is 0.886. The maximum Gasteiger partial charge on any atom is 0.270 e. The van der Waals surface area contributed by atoms with Crippen molar-refractivity contribution in [2.75, 3.05) is 17.2 Å². The van der Waals surface area contributed by atoms with E-state index in [9.17, 15) is 4.79 Å². The van der Waals surface area contributed by atoms with E-state index >= 15 is 0 Å². The molecule has 0 unspecified atom stereocenters. The highest BCUT2D eigenvalue weighted by Crippen LogP contribution is 2.24. The fourth-order valence-electron chi connectivity index (χ4n) is 2.12. The van der Waals surface area contributed by atoms with Gasteiger partial charge in [0, 0.05) is 17.9 Å². The number of nitrogens with two attached hydrogens (primary N) is 1. The number of carbonyl (C=O) groups excluding carboxylic acids is 1. The SMILES string of the molecule is CCCN(C(=O)c1sc(C)nc1C)c1cccc(N)c1.